The molecule has 4 nitrogen and oxygen atoms in total. The third kappa shape index (κ3) is 3.74. The summed E-state index contributed by atoms with van der Waals surface area (Å²) in [5.74, 6) is 0. The first-order valence-electron chi connectivity index (χ1n) is 14.5. The van der Waals surface area contributed by atoms with E-state index < -0.39 is 0 Å². The highest BCUT2D eigenvalue weighted by Gasteiger charge is 2.18. The zero-order chi connectivity index (χ0) is 28.3. The highest BCUT2D eigenvalue weighted by atomic mass is 16.3. The lowest BCUT2D eigenvalue weighted by Gasteiger charge is -2.26. The SMILES string of the molecule is c1ccc(N(c2cccc(-n3c4ccccc4c4cc5ccccc5cc43)c2)c2ccc3oc4cnccc4c3c2)cc1. The van der Waals surface area contributed by atoms with Crippen LogP contribution in [0.2, 0.25) is 0 Å². The van der Waals surface area contributed by atoms with E-state index in [2.05, 4.69) is 148 Å². The Morgan fingerprint density at radius 1 is 0.488 bits per heavy atom. The van der Waals surface area contributed by atoms with Crippen molar-refractivity contribution >= 4 is 71.6 Å². The van der Waals surface area contributed by atoms with Gasteiger partial charge in [0.1, 0.15) is 5.58 Å². The topological polar surface area (TPSA) is 34.2 Å². The highest BCUT2D eigenvalue weighted by Crippen LogP contribution is 2.40. The number of furan rings is 1. The Bertz CT molecular complexity index is 2470. The van der Waals surface area contributed by atoms with Crippen molar-refractivity contribution in [2.45, 2.75) is 0 Å². The molecule has 0 fully saturated rings. The lowest BCUT2D eigenvalue weighted by Crippen LogP contribution is -2.10. The average Bonchev–Trinajstić information content (AvgIpc) is 3.59. The van der Waals surface area contributed by atoms with Crippen LogP contribution in [0.5, 0.6) is 0 Å². The average molecular weight is 552 g/mol. The minimum absolute atomic E-state index is 0.793. The third-order valence-corrected chi connectivity index (χ3v) is 8.42. The number of anilines is 3. The summed E-state index contributed by atoms with van der Waals surface area (Å²) in [6, 6.07) is 49.7. The molecule has 3 heterocycles. The van der Waals surface area contributed by atoms with Crippen molar-refractivity contribution in [3.8, 4) is 5.69 Å². The summed E-state index contributed by atoms with van der Waals surface area (Å²) in [7, 11) is 0. The Kier molecular flexibility index (Phi) is 5.16. The maximum absolute atomic E-state index is 6.09. The second kappa shape index (κ2) is 9.33. The monoisotopic (exact) mass is 551 g/mol. The highest BCUT2D eigenvalue weighted by molar-refractivity contribution is 6.13. The number of aromatic nitrogens is 2. The Morgan fingerprint density at radius 2 is 1.26 bits per heavy atom. The van der Waals surface area contributed by atoms with E-state index in [0.717, 1.165) is 44.7 Å². The fourth-order valence-electron chi connectivity index (χ4n) is 6.49. The lowest BCUT2D eigenvalue weighted by atomic mass is 10.1. The van der Waals surface area contributed by atoms with Gasteiger partial charge in [-0.05, 0) is 83.6 Å². The first-order chi connectivity index (χ1) is 21.3. The summed E-state index contributed by atoms with van der Waals surface area (Å²) >= 11 is 0. The van der Waals surface area contributed by atoms with E-state index in [9.17, 15) is 0 Å². The summed E-state index contributed by atoms with van der Waals surface area (Å²) < 4.78 is 8.49. The molecule has 0 saturated heterocycles. The van der Waals surface area contributed by atoms with Gasteiger partial charge in [-0.25, -0.2) is 0 Å². The van der Waals surface area contributed by atoms with Crippen LogP contribution in [0.4, 0.5) is 17.1 Å². The van der Waals surface area contributed by atoms with Crippen LogP contribution in [0.1, 0.15) is 0 Å². The zero-order valence-corrected chi connectivity index (χ0v) is 23.2. The van der Waals surface area contributed by atoms with Crippen molar-refractivity contribution in [2.75, 3.05) is 4.90 Å². The van der Waals surface area contributed by atoms with Gasteiger partial charge in [0, 0.05) is 50.5 Å². The molecule has 4 heteroatoms. The van der Waals surface area contributed by atoms with Crippen LogP contribution in [-0.4, -0.2) is 9.55 Å². The van der Waals surface area contributed by atoms with E-state index in [0.29, 0.717) is 0 Å². The Balaban J connectivity index is 1.28. The van der Waals surface area contributed by atoms with Gasteiger partial charge in [-0.1, -0.05) is 66.7 Å². The summed E-state index contributed by atoms with van der Waals surface area (Å²) in [5.41, 5.74) is 8.36. The Morgan fingerprint density at radius 3 is 2.16 bits per heavy atom. The number of rotatable bonds is 4. The summed E-state index contributed by atoms with van der Waals surface area (Å²) in [5, 5.41) is 7.12. The number of hydrogen-bond donors (Lipinski definition) is 0. The van der Waals surface area contributed by atoms with Crippen LogP contribution in [0, 0.1) is 0 Å². The second-order valence-electron chi connectivity index (χ2n) is 10.9. The summed E-state index contributed by atoms with van der Waals surface area (Å²) in [6.07, 6.45) is 3.60. The number of fused-ring (bicyclic) bond motifs is 7. The molecule has 0 aliphatic carbocycles. The molecule has 0 atom stereocenters. The van der Waals surface area contributed by atoms with Gasteiger partial charge >= 0.3 is 0 Å². The predicted octanol–water partition coefficient (Wildman–Crippen LogP) is 10.7. The van der Waals surface area contributed by atoms with Gasteiger partial charge in [-0.3, -0.25) is 4.98 Å². The molecule has 0 saturated carbocycles. The van der Waals surface area contributed by atoms with Gasteiger partial charge in [-0.2, -0.15) is 0 Å². The van der Waals surface area contributed by atoms with Crippen molar-refractivity contribution in [1.82, 2.24) is 9.55 Å². The molecular weight excluding hydrogens is 526 g/mol. The first kappa shape index (κ1) is 23.8. The maximum atomic E-state index is 6.09. The predicted molar refractivity (Wildman–Crippen MR) is 178 cm³/mol. The van der Waals surface area contributed by atoms with Gasteiger partial charge in [0.05, 0.1) is 17.2 Å². The number of hydrogen-bond acceptors (Lipinski definition) is 3. The van der Waals surface area contributed by atoms with Gasteiger partial charge < -0.3 is 13.9 Å². The van der Waals surface area contributed by atoms with Crippen LogP contribution in [-0.2, 0) is 0 Å². The number of pyridine rings is 1. The van der Waals surface area contributed by atoms with Gasteiger partial charge in [0.25, 0.3) is 0 Å². The molecule has 9 aromatic rings. The fourth-order valence-corrected chi connectivity index (χ4v) is 6.49. The fraction of sp³-hybridized carbons (Fsp3) is 0. The van der Waals surface area contributed by atoms with Crippen molar-refractivity contribution in [3.63, 3.8) is 0 Å². The van der Waals surface area contributed by atoms with Gasteiger partial charge in [0.15, 0.2) is 5.58 Å². The van der Waals surface area contributed by atoms with Crippen molar-refractivity contribution in [2.24, 2.45) is 0 Å². The van der Waals surface area contributed by atoms with Crippen LogP contribution < -0.4 is 4.90 Å². The van der Waals surface area contributed by atoms with Crippen molar-refractivity contribution in [1.29, 1.82) is 0 Å². The van der Waals surface area contributed by atoms with Crippen molar-refractivity contribution in [3.05, 3.63) is 152 Å². The van der Waals surface area contributed by atoms with Crippen LogP contribution in [0.15, 0.2) is 156 Å². The van der Waals surface area contributed by atoms with Crippen LogP contribution in [0.25, 0.3) is 60.2 Å². The minimum atomic E-state index is 0.793. The summed E-state index contributed by atoms with van der Waals surface area (Å²) in [6.45, 7) is 0. The smallest absolute Gasteiger partial charge is 0.153 e. The summed E-state index contributed by atoms with van der Waals surface area (Å²) in [4.78, 5) is 6.56. The van der Waals surface area contributed by atoms with E-state index in [-0.39, 0.29) is 0 Å². The third-order valence-electron chi connectivity index (χ3n) is 8.42. The number of nitrogens with zero attached hydrogens (tertiary/aromatic N) is 3. The van der Waals surface area contributed by atoms with Crippen LogP contribution >= 0.6 is 0 Å². The standard InChI is InChI=1S/C39H25N3O/c1-2-11-28(12-3-1)41(31-17-18-38-35(24-31)33-19-20-40-25-39(33)43-38)29-13-8-14-30(23-29)42-36-16-7-6-15-32(36)34-21-26-9-4-5-10-27(26)22-37(34)42/h1-25H. The lowest BCUT2D eigenvalue weighted by molar-refractivity contribution is 0.667. The molecule has 0 aliphatic rings. The Hall–Kier alpha value is -5.87. The molecule has 0 unspecified atom stereocenters. The van der Waals surface area contributed by atoms with Crippen LogP contribution in [0.3, 0.4) is 0 Å². The second-order valence-corrected chi connectivity index (χ2v) is 10.9. The number of benzene rings is 6. The molecule has 9 rings (SSSR count). The van der Waals surface area contributed by atoms with E-state index in [1.165, 1.54) is 32.6 Å². The van der Waals surface area contributed by atoms with Gasteiger partial charge in [-0.15, -0.1) is 0 Å². The molecule has 0 aliphatic heterocycles. The molecule has 3 aromatic heterocycles. The minimum Gasteiger partial charge on any atom is -0.454 e. The van der Waals surface area contributed by atoms with E-state index in [4.69, 9.17) is 4.42 Å². The normalized spacial score (nSPS) is 11.7. The largest absolute Gasteiger partial charge is 0.454 e. The van der Waals surface area contributed by atoms with Crippen molar-refractivity contribution < 1.29 is 4.42 Å². The molecule has 0 amide bonds. The molecule has 0 bridgehead atoms. The molecule has 202 valence electrons. The molecule has 6 aromatic carbocycles. The molecule has 0 spiro atoms. The first-order valence-corrected chi connectivity index (χ1v) is 14.5. The molecule has 0 radical (unpaired) electrons. The molecule has 0 N–H and O–H groups in total. The van der Waals surface area contributed by atoms with Gasteiger partial charge in [0.2, 0.25) is 0 Å². The zero-order valence-electron chi connectivity index (χ0n) is 23.2. The van der Waals surface area contributed by atoms with E-state index >= 15 is 0 Å². The Labute approximate surface area is 247 Å². The van der Waals surface area contributed by atoms with E-state index in [1.54, 1.807) is 6.20 Å². The molecular formula is C39H25N3O. The van der Waals surface area contributed by atoms with E-state index in [1.807, 2.05) is 12.3 Å². The maximum Gasteiger partial charge on any atom is 0.153 e. The molecule has 43 heavy (non-hydrogen) atoms. The number of para-hydroxylation sites is 2. The quantitative estimate of drug-likeness (QED) is 0.218.